The monoisotopic (exact) mass is 210 g/mol. The van der Waals surface area contributed by atoms with Crippen molar-refractivity contribution in [1.82, 2.24) is 0 Å². The Morgan fingerprint density at radius 3 is 1.57 bits per heavy atom. The molecule has 0 aromatic heterocycles. The van der Waals surface area contributed by atoms with Crippen LogP contribution in [0.25, 0.3) is 0 Å². The van der Waals surface area contributed by atoms with Gasteiger partial charge in [0.25, 0.3) is 0 Å². The van der Waals surface area contributed by atoms with Gasteiger partial charge >= 0.3 is 29.6 Å². The van der Waals surface area contributed by atoms with E-state index in [1.165, 1.54) is 0 Å². The Kier molecular flexibility index (Phi) is 7.24. The number of rotatable bonds is 2. The molecule has 2 unspecified atom stereocenters. The van der Waals surface area contributed by atoms with Crippen LogP contribution in [0, 0.1) is 10.8 Å². The second-order valence-corrected chi connectivity index (χ2v) is 5.97. The summed E-state index contributed by atoms with van der Waals surface area (Å²) in [5.74, 6) is 0. The molecular formula is C11H23NaO2. The smallest absolute Gasteiger partial charge is 0.852 e. The molecule has 0 aliphatic heterocycles. The molecule has 14 heavy (non-hydrogen) atoms. The van der Waals surface area contributed by atoms with Crippen LogP contribution in [0.4, 0.5) is 0 Å². The molecule has 80 valence electrons. The second-order valence-electron chi connectivity index (χ2n) is 5.97. The topological polar surface area (TPSA) is 43.3 Å². The molecule has 0 spiro atoms. The Hall–Kier alpha value is 0.920. The first-order valence-corrected chi connectivity index (χ1v) is 4.89. The number of aliphatic hydroxyl groups is 1. The molecule has 0 fully saturated rings. The molecule has 1 N–H and O–H groups in total. The van der Waals surface area contributed by atoms with Gasteiger partial charge in [-0.25, -0.2) is 0 Å². The summed E-state index contributed by atoms with van der Waals surface area (Å²) in [6.07, 6.45) is -0.858. The molecule has 0 amide bonds. The Morgan fingerprint density at radius 2 is 1.36 bits per heavy atom. The van der Waals surface area contributed by atoms with Crippen LogP contribution in [-0.2, 0) is 0 Å². The zero-order valence-corrected chi connectivity index (χ0v) is 12.7. The van der Waals surface area contributed by atoms with E-state index in [1.54, 1.807) is 0 Å². The van der Waals surface area contributed by atoms with E-state index < -0.39 is 12.2 Å². The summed E-state index contributed by atoms with van der Waals surface area (Å²) in [4.78, 5) is 0. The summed E-state index contributed by atoms with van der Waals surface area (Å²) in [6.45, 7) is 11.6. The Bertz CT molecular complexity index is 138. The van der Waals surface area contributed by atoms with E-state index in [1.807, 2.05) is 41.5 Å². The van der Waals surface area contributed by atoms with E-state index in [-0.39, 0.29) is 40.4 Å². The van der Waals surface area contributed by atoms with Crippen molar-refractivity contribution in [3.05, 3.63) is 0 Å². The summed E-state index contributed by atoms with van der Waals surface area (Å²) < 4.78 is 0. The predicted octanol–water partition coefficient (Wildman–Crippen LogP) is -1.44. The van der Waals surface area contributed by atoms with E-state index >= 15 is 0 Å². The fourth-order valence-corrected chi connectivity index (χ4v) is 0.910. The van der Waals surface area contributed by atoms with Crippen LogP contribution in [0.5, 0.6) is 0 Å². The van der Waals surface area contributed by atoms with Crippen LogP contribution in [-0.4, -0.2) is 17.3 Å². The first-order chi connectivity index (χ1) is 5.55. The molecule has 3 heteroatoms. The van der Waals surface area contributed by atoms with Crippen molar-refractivity contribution in [1.29, 1.82) is 0 Å². The first-order valence-electron chi connectivity index (χ1n) is 4.89. The SMILES string of the molecule is CC(C)(C)C([O-])CC(O)C(C)(C)C.[Na+]. The van der Waals surface area contributed by atoms with Crippen LogP contribution in [0.3, 0.4) is 0 Å². The van der Waals surface area contributed by atoms with Crippen molar-refractivity contribution in [3.8, 4) is 0 Å². The third-order valence-corrected chi connectivity index (χ3v) is 2.40. The van der Waals surface area contributed by atoms with Gasteiger partial charge < -0.3 is 10.2 Å². The van der Waals surface area contributed by atoms with Gasteiger partial charge in [-0.3, -0.25) is 0 Å². The predicted molar refractivity (Wildman–Crippen MR) is 53.3 cm³/mol. The van der Waals surface area contributed by atoms with Crippen LogP contribution in [0.2, 0.25) is 0 Å². The molecule has 0 rings (SSSR count). The third-order valence-electron chi connectivity index (χ3n) is 2.40. The first kappa shape index (κ1) is 17.3. The average molecular weight is 210 g/mol. The van der Waals surface area contributed by atoms with Gasteiger partial charge in [-0.2, -0.15) is 0 Å². The molecule has 0 heterocycles. The number of hydrogen-bond acceptors (Lipinski definition) is 2. The van der Waals surface area contributed by atoms with Crippen molar-refractivity contribution in [2.75, 3.05) is 0 Å². The van der Waals surface area contributed by atoms with E-state index in [9.17, 15) is 10.2 Å². The molecular weight excluding hydrogens is 187 g/mol. The van der Waals surface area contributed by atoms with E-state index in [0.29, 0.717) is 6.42 Å². The van der Waals surface area contributed by atoms with Crippen molar-refractivity contribution < 1.29 is 39.8 Å². The molecule has 0 saturated carbocycles. The summed E-state index contributed by atoms with van der Waals surface area (Å²) in [5, 5.41) is 21.4. The van der Waals surface area contributed by atoms with Crippen LogP contribution in [0.15, 0.2) is 0 Å². The fraction of sp³-hybridized carbons (Fsp3) is 1.00. The molecule has 0 saturated heterocycles. The Balaban J connectivity index is 0. The van der Waals surface area contributed by atoms with Gasteiger partial charge in [-0.05, 0) is 11.8 Å². The largest absolute Gasteiger partial charge is 1.00 e. The van der Waals surface area contributed by atoms with Gasteiger partial charge in [-0.15, -0.1) is 6.10 Å². The summed E-state index contributed by atoms with van der Waals surface area (Å²) in [7, 11) is 0. The van der Waals surface area contributed by atoms with Crippen molar-refractivity contribution >= 4 is 0 Å². The average Bonchev–Trinajstić information content (AvgIpc) is 1.82. The van der Waals surface area contributed by atoms with Gasteiger partial charge in [0.05, 0.1) is 6.10 Å². The normalized spacial score (nSPS) is 17.1. The van der Waals surface area contributed by atoms with Crippen molar-refractivity contribution in [2.45, 2.75) is 60.2 Å². The molecule has 0 aliphatic carbocycles. The van der Waals surface area contributed by atoms with Gasteiger partial charge in [0.1, 0.15) is 0 Å². The minimum atomic E-state index is -0.693. The molecule has 0 bridgehead atoms. The van der Waals surface area contributed by atoms with E-state index in [2.05, 4.69) is 0 Å². The molecule has 2 nitrogen and oxygen atoms in total. The van der Waals surface area contributed by atoms with Crippen molar-refractivity contribution in [2.24, 2.45) is 10.8 Å². The van der Waals surface area contributed by atoms with Gasteiger partial charge in [0.2, 0.25) is 0 Å². The molecule has 0 aromatic rings. The zero-order chi connectivity index (χ0) is 10.9. The minimum Gasteiger partial charge on any atom is -0.852 e. The fourth-order valence-electron chi connectivity index (χ4n) is 0.910. The Morgan fingerprint density at radius 1 is 1.00 bits per heavy atom. The van der Waals surface area contributed by atoms with Gasteiger partial charge in [0, 0.05) is 0 Å². The number of aliphatic hydroxyl groups excluding tert-OH is 1. The maximum atomic E-state index is 11.6. The Labute approximate surface area is 110 Å². The van der Waals surface area contributed by atoms with E-state index in [4.69, 9.17) is 0 Å². The maximum Gasteiger partial charge on any atom is 1.00 e. The van der Waals surface area contributed by atoms with E-state index in [0.717, 1.165) is 0 Å². The minimum absolute atomic E-state index is 0. The summed E-state index contributed by atoms with van der Waals surface area (Å²) in [5.41, 5.74) is -0.444. The van der Waals surface area contributed by atoms with Crippen LogP contribution in [0.1, 0.15) is 48.0 Å². The van der Waals surface area contributed by atoms with Crippen LogP contribution >= 0.6 is 0 Å². The molecule has 0 radical (unpaired) electrons. The van der Waals surface area contributed by atoms with Crippen molar-refractivity contribution in [3.63, 3.8) is 0 Å². The summed E-state index contributed by atoms with van der Waals surface area (Å²) in [6, 6.07) is 0. The number of hydrogen-bond donors (Lipinski definition) is 1. The third kappa shape index (κ3) is 6.41. The quantitative estimate of drug-likeness (QED) is 0.567. The second kappa shape index (κ2) is 5.86. The molecule has 2 atom stereocenters. The molecule has 0 aromatic carbocycles. The summed E-state index contributed by atoms with van der Waals surface area (Å²) >= 11 is 0. The zero-order valence-electron chi connectivity index (χ0n) is 10.7. The standard InChI is InChI=1S/C11H23O2.Na/c1-10(2,3)8(12)7-9(13)11(4,5)6;/h8-9,12H,7H2,1-6H3;/q-1;+1. The van der Waals surface area contributed by atoms with Gasteiger partial charge in [-0.1, -0.05) is 47.0 Å². The maximum absolute atomic E-state index is 11.6. The van der Waals surface area contributed by atoms with Gasteiger partial charge in [0.15, 0.2) is 0 Å². The molecule has 0 aliphatic rings. The van der Waals surface area contributed by atoms with Crippen LogP contribution < -0.4 is 34.7 Å².